The number of anilines is 2. The van der Waals surface area contributed by atoms with Crippen LogP contribution in [0.4, 0.5) is 28.9 Å². The number of sulfonamides is 1. The standard InChI is InChI=1S/C12H8F4N2O2S/c13-6-1-8(17)5-9(2-6)21(19,20)18-12-10(15)3-7(14)4-11(12)16/h1-5,18H,17H2. The minimum Gasteiger partial charge on any atom is -0.399 e. The van der Waals surface area contributed by atoms with Crippen LogP contribution in [0.3, 0.4) is 0 Å². The van der Waals surface area contributed by atoms with Gasteiger partial charge in [0.1, 0.15) is 17.3 Å². The van der Waals surface area contributed by atoms with Gasteiger partial charge in [-0.3, -0.25) is 4.72 Å². The van der Waals surface area contributed by atoms with Crippen LogP contribution in [0.5, 0.6) is 0 Å². The number of halogens is 4. The molecule has 3 N–H and O–H groups in total. The second-order valence-electron chi connectivity index (χ2n) is 4.07. The predicted molar refractivity (Wildman–Crippen MR) is 67.9 cm³/mol. The molecule has 0 aliphatic rings. The summed E-state index contributed by atoms with van der Waals surface area (Å²) in [5.41, 5.74) is 4.04. The Hall–Kier alpha value is -2.29. The molecule has 2 rings (SSSR count). The van der Waals surface area contributed by atoms with Gasteiger partial charge >= 0.3 is 0 Å². The number of rotatable bonds is 3. The quantitative estimate of drug-likeness (QED) is 0.674. The van der Waals surface area contributed by atoms with Gasteiger partial charge in [-0.05, 0) is 18.2 Å². The molecule has 0 heterocycles. The first-order valence-corrected chi connectivity index (χ1v) is 6.91. The Balaban J connectivity index is 2.47. The van der Waals surface area contributed by atoms with Crippen molar-refractivity contribution in [3.8, 4) is 0 Å². The van der Waals surface area contributed by atoms with E-state index in [9.17, 15) is 26.0 Å². The molecule has 2 aromatic rings. The van der Waals surface area contributed by atoms with E-state index in [1.54, 1.807) is 4.72 Å². The highest BCUT2D eigenvalue weighted by Crippen LogP contribution is 2.24. The molecule has 0 unspecified atom stereocenters. The first-order valence-electron chi connectivity index (χ1n) is 5.42. The van der Waals surface area contributed by atoms with Crippen molar-refractivity contribution >= 4 is 21.4 Å². The Labute approximate surface area is 117 Å². The molecule has 0 amide bonds. The summed E-state index contributed by atoms with van der Waals surface area (Å²) < 4.78 is 78.2. The SMILES string of the molecule is Nc1cc(F)cc(S(=O)(=O)Nc2c(F)cc(F)cc2F)c1. The lowest BCUT2D eigenvalue weighted by Gasteiger charge is -2.10. The molecule has 0 radical (unpaired) electrons. The average Bonchev–Trinajstić information content (AvgIpc) is 2.32. The van der Waals surface area contributed by atoms with Crippen LogP contribution in [0, 0.1) is 23.3 Å². The summed E-state index contributed by atoms with van der Waals surface area (Å²) in [6.45, 7) is 0. The van der Waals surface area contributed by atoms with Crippen LogP contribution in [-0.2, 0) is 10.0 Å². The monoisotopic (exact) mass is 320 g/mol. The van der Waals surface area contributed by atoms with Gasteiger partial charge in [0.2, 0.25) is 0 Å². The van der Waals surface area contributed by atoms with E-state index in [0.29, 0.717) is 18.2 Å². The molecule has 0 saturated carbocycles. The summed E-state index contributed by atoms with van der Waals surface area (Å²) in [6, 6.07) is 3.02. The normalized spacial score (nSPS) is 11.4. The smallest absolute Gasteiger partial charge is 0.262 e. The van der Waals surface area contributed by atoms with Crippen molar-refractivity contribution in [3.63, 3.8) is 0 Å². The molecule has 0 aromatic heterocycles. The lowest BCUT2D eigenvalue weighted by molar-refractivity contribution is 0.547. The summed E-state index contributed by atoms with van der Waals surface area (Å²) in [6.07, 6.45) is 0. The fraction of sp³-hybridized carbons (Fsp3) is 0. The number of nitrogens with one attached hydrogen (secondary N) is 1. The average molecular weight is 320 g/mol. The van der Waals surface area contributed by atoms with Crippen LogP contribution in [0.2, 0.25) is 0 Å². The number of nitrogens with two attached hydrogens (primary N) is 1. The molecular weight excluding hydrogens is 312 g/mol. The topological polar surface area (TPSA) is 72.2 Å². The molecular formula is C12H8F4N2O2S. The summed E-state index contributed by atoms with van der Waals surface area (Å²) in [4.78, 5) is -0.622. The van der Waals surface area contributed by atoms with Gasteiger partial charge < -0.3 is 5.73 Å². The Morgan fingerprint density at radius 1 is 0.857 bits per heavy atom. The van der Waals surface area contributed by atoms with Gasteiger partial charge in [-0.1, -0.05) is 0 Å². The maximum Gasteiger partial charge on any atom is 0.262 e. The van der Waals surface area contributed by atoms with Crippen molar-refractivity contribution in [2.45, 2.75) is 4.90 Å². The van der Waals surface area contributed by atoms with E-state index in [2.05, 4.69) is 0 Å². The van der Waals surface area contributed by atoms with E-state index < -0.39 is 43.9 Å². The molecule has 2 aromatic carbocycles. The van der Waals surface area contributed by atoms with Crippen LogP contribution in [0.1, 0.15) is 0 Å². The van der Waals surface area contributed by atoms with E-state index in [1.807, 2.05) is 0 Å². The van der Waals surface area contributed by atoms with Crippen LogP contribution < -0.4 is 10.5 Å². The molecule has 21 heavy (non-hydrogen) atoms. The first kappa shape index (κ1) is 15.1. The van der Waals surface area contributed by atoms with E-state index >= 15 is 0 Å². The molecule has 112 valence electrons. The van der Waals surface area contributed by atoms with Gasteiger partial charge in [0.05, 0.1) is 4.90 Å². The van der Waals surface area contributed by atoms with E-state index in [1.165, 1.54) is 0 Å². The third kappa shape index (κ3) is 3.24. The molecule has 4 nitrogen and oxygen atoms in total. The lowest BCUT2D eigenvalue weighted by atomic mass is 10.3. The zero-order valence-electron chi connectivity index (χ0n) is 10.2. The molecule has 0 fully saturated rings. The fourth-order valence-corrected chi connectivity index (χ4v) is 2.71. The minimum atomic E-state index is -4.49. The number of hydrogen-bond acceptors (Lipinski definition) is 3. The Kier molecular flexibility index (Phi) is 3.77. The largest absolute Gasteiger partial charge is 0.399 e. The Morgan fingerprint density at radius 2 is 1.38 bits per heavy atom. The second kappa shape index (κ2) is 5.24. The van der Waals surface area contributed by atoms with Crippen molar-refractivity contribution in [1.82, 2.24) is 0 Å². The second-order valence-corrected chi connectivity index (χ2v) is 5.75. The molecule has 0 aliphatic heterocycles. The summed E-state index contributed by atoms with van der Waals surface area (Å²) in [5, 5.41) is 0. The van der Waals surface area contributed by atoms with Crippen molar-refractivity contribution in [2.24, 2.45) is 0 Å². The highest BCUT2D eigenvalue weighted by atomic mass is 32.2. The van der Waals surface area contributed by atoms with E-state index in [0.717, 1.165) is 12.1 Å². The molecule has 0 aliphatic carbocycles. The van der Waals surface area contributed by atoms with Gasteiger partial charge in [0, 0.05) is 17.8 Å². The first-order chi connectivity index (χ1) is 9.69. The third-order valence-electron chi connectivity index (χ3n) is 2.45. The van der Waals surface area contributed by atoms with Gasteiger partial charge in [0.25, 0.3) is 10.0 Å². The molecule has 0 saturated heterocycles. The minimum absolute atomic E-state index is 0.185. The zero-order valence-corrected chi connectivity index (χ0v) is 11.0. The summed E-state index contributed by atoms with van der Waals surface area (Å²) in [5.74, 6) is -5.03. The fourth-order valence-electron chi connectivity index (χ4n) is 1.57. The van der Waals surface area contributed by atoms with E-state index in [-0.39, 0.29) is 5.69 Å². The van der Waals surface area contributed by atoms with Crippen molar-refractivity contribution < 1.29 is 26.0 Å². The molecule has 0 atom stereocenters. The predicted octanol–water partition coefficient (Wildman–Crippen LogP) is 2.63. The number of hydrogen-bond donors (Lipinski definition) is 2. The number of nitrogen functional groups attached to an aromatic ring is 1. The van der Waals surface area contributed by atoms with E-state index in [4.69, 9.17) is 5.73 Å². The van der Waals surface area contributed by atoms with Gasteiger partial charge in [0.15, 0.2) is 11.6 Å². The van der Waals surface area contributed by atoms with Crippen molar-refractivity contribution in [2.75, 3.05) is 10.5 Å². The Bertz CT molecular complexity index is 766. The van der Waals surface area contributed by atoms with Gasteiger partial charge in [-0.2, -0.15) is 0 Å². The molecule has 9 heteroatoms. The van der Waals surface area contributed by atoms with Crippen LogP contribution >= 0.6 is 0 Å². The summed E-state index contributed by atoms with van der Waals surface area (Å²) in [7, 11) is -4.49. The van der Waals surface area contributed by atoms with Crippen LogP contribution in [0.25, 0.3) is 0 Å². The number of benzene rings is 2. The van der Waals surface area contributed by atoms with Crippen LogP contribution in [-0.4, -0.2) is 8.42 Å². The zero-order chi connectivity index (χ0) is 15.8. The lowest BCUT2D eigenvalue weighted by Crippen LogP contribution is -2.16. The van der Waals surface area contributed by atoms with Gasteiger partial charge in [-0.15, -0.1) is 0 Å². The molecule has 0 bridgehead atoms. The highest BCUT2D eigenvalue weighted by Gasteiger charge is 2.21. The Morgan fingerprint density at radius 3 is 1.90 bits per heavy atom. The maximum absolute atomic E-state index is 13.4. The summed E-state index contributed by atoms with van der Waals surface area (Å²) >= 11 is 0. The van der Waals surface area contributed by atoms with Gasteiger partial charge in [-0.25, -0.2) is 26.0 Å². The third-order valence-corrected chi connectivity index (χ3v) is 3.78. The maximum atomic E-state index is 13.4. The molecule has 0 spiro atoms. The van der Waals surface area contributed by atoms with Crippen LogP contribution in [0.15, 0.2) is 35.2 Å². The highest BCUT2D eigenvalue weighted by molar-refractivity contribution is 7.92. The van der Waals surface area contributed by atoms with Crippen molar-refractivity contribution in [3.05, 3.63) is 53.6 Å². The van der Waals surface area contributed by atoms with Crippen molar-refractivity contribution in [1.29, 1.82) is 0 Å².